The summed E-state index contributed by atoms with van der Waals surface area (Å²) in [5.74, 6) is 0.604. The molecule has 0 atom stereocenters. The third-order valence-corrected chi connectivity index (χ3v) is 1.35. The summed E-state index contributed by atoms with van der Waals surface area (Å²) in [7, 11) is -7.78. The third-order valence-electron chi connectivity index (χ3n) is 0.448. The van der Waals surface area contributed by atoms with Crippen molar-refractivity contribution < 1.29 is 27.3 Å². The fourth-order valence-corrected chi connectivity index (χ4v) is 0. The molecule has 12 heavy (non-hydrogen) atoms. The van der Waals surface area contributed by atoms with Crippen LogP contribution in [-0.4, -0.2) is 22.8 Å². The van der Waals surface area contributed by atoms with E-state index in [1.807, 2.05) is 0 Å². The Balaban J connectivity index is 0. The number of hydrogen-bond donors (Lipinski definition) is 3. The molecule has 0 saturated heterocycles. The van der Waals surface area contributed by atoms with Gasteiger partial charge in [-0.15, -0.1) is 0 Å². The van der Waals surface area contributed by atoms with E-state index >= 15 is 0 Å². The summed E-state index contributed by atoms with van der Waals surface area (Å²) in [6.45, 7) is 5.66. The lowest BCUT2D eigenvalue weighted by molar-refractivity contribution is 0.386. The molecule has 0 amide bonds. The average molecular weight is 216 g/mol. The Labute approximate surface area is 70.1 Å². The van der Waals surface area contributed by atoms with Crippen LogP contribution >= 0.6 is 7.60 Å². The van der Waals surface area contributed by atoms with Crippen LogP contribution in [0.5, 0.6) is 0 Å². The summed E-state index contributed by atoms with van der Waals surface area (Å²) in [5, 5.41) is 0.465. The molecule has 0 aliphatic carbocycles. The first-order valence-corrected chi connectivity index (χ1v) is 5.59. The Kier molecular flexibility index (Phi) is 6.14. The minimum absolute atomic E-state index is 0.465. The summed E-state index contributed by atoms with van der Waals surface area (Å²) in [6, 6.07) is 0. The molecule has 0 saturated carbocycles. The van der Waals surface area contributed by atoms with Crippen LogP contribution in [0, 0.1) is 0 Å². The molecule has 8 heteroatoms. The van der Waals surface area contributed by atoms with E-state index in [1.54, 1.807) is 0 Å². The molecule has 0 radical (unpaired) electrons. The lowest BCUT2D eigenvalue weighted by Crippen LogP contribution is -1.86. The Morgan fingerprint density at radius 3 is 1.42 bits per heavy atom. The van der Waals surface area contributed by atoms with Crippen LogP contribution in [0.3, 0.4) is 0 Å². The molecular formula is C4H9O6PS. The first-order chi connectivity index (χ1) is 5.12. The first kappa shape index (κ1) is 14.1. The van der Waals surface area contributed by atoms with E-state index in [-0.39, 0.29) is 0 Å². The van der Waals surface area contributed by atoms with Gasteiger partial charge in [0.2, 0.25) is 0 Å². The average Bonchev–Trinajstić information content (AvgIpc) is 1.86. The lowest BCUT2D eigenvalue weighted by Gasteiger charge is -1.87. The molecule has 72 valence electrons. The van der Waals surface area contributed by atoms with Gasteiger partial charge in [0.05, 0.1) is 5.41 Å². The Bertz CT molecular complexity index is 273. The molecule has 0 unspecified atom stereocenters. The molecule has 6 nitrogen and oxygen atoms in total. The summed E-state index contributed by atoms with van der Waals surface area (Å²) in [5.41, 5.74) is 0. The summed E-state index contributed by atoms with van der Waals surface area (Å²) >= 11 is 0. The fraction of sp³-hybridized carbons (Fsp3) is 0. The maximum absolute atomic E-state index is 9.58. The van der Waals surface area contributed by atoms with Crippen molar-refractivity contribution in [3.05, 3.63) is 24.4 Å². The second-order valence-electron chi connectivity index (χ2n) is 1.45. The topological polar surface area (TPSA) is 112 Å². The van der Waals surface area contributed by atoms with E-state index < -0.39 is 17.7 Å². The van der Waals surface area contributed by atoms with Gasteiger partial charge >= 0.3 is 7.60 Å². The highest BCUT2D eigenvalue weighted by molar-refractivity contribution is 7.88. The maximum atomic E-state index is 9.58. The van der Waals surface area contributed by atoms with Crippen molar-refractivity contribution in [1.29, 1.82) is 0 Å². The van der Waals surface area contributed by atoms with E-state index in [4.69, 9.17) is 14.3 Å². The van der Waals surface area contributed by atoms with Gasteiger partial charge in [-0.1, -0.05) is 13.2 Å². The third kappa shape index (κ3) is 22.7. The van der Waals surface area contributed by atoms with Gasteiger partial charge in [-0.25, -0.2) is 0 Å². The Morgan fingerprint density at radius 2 is 1.42 bits per heavy atom. The molecule has 0 spiro atoms. The highest BCUT2D eigenvalue weighted by Gasteiger charge is 2.00. The predicted octanol–water partition coefficient (Wildman–Crippen LogP) is 0.325. The van der Waals surface area contributed by atoms with Gasteiger partial charge in [-0.05, 0) is 0 Å². The molecule has 0 bridgehead atoms. The smallest absolute Gasteiger partial charge is 0.321 e. The highest BCUT2D eigenvalue weighted by atomic mass is 32.2. The van der Waals surface area contributed by atoms with Crippen molar-refractivity contribution in [3.63, 3.8) is 0 Å². The van der Waals surface area contributed by atoms with E-state index in [1.165, 1.54) is 0 Å². The first-order valence-electron chi connectivity index (χ1n) is 2.41. The van der Waals surface area contributed by atoms with E-state index in [0.717, 1.165) is 0 Å². The fourth-order valence-electron chi connectivity index (χ4n) is 0. The molecule has 0 rings (SSSR count). The molecule has 0 fully saturated rings. The van der Waals surface area contributed by atoms with Gasteiger partial charge in [-0.3, -0.25) is 9.12 Å². The number of rotatable bonds is 2. The van der Waals surface area contributed by atoms with Crippen molar-refractivity contribution >= 4 is 17.7 Å². The SMILES string of the molecule is C=CP(=O)(O)O.C=CS(=O)(=O)O. The van der Waals surface area contributed by atoms with Crippen molar-refractivity contribution in [2.75, 3.05) is 0 Å². The molecule has 0 aliphatic rings. The maximum Gasteiger partial charge on any atom is 0.348 e. The van der Waals surface area contributed by atoms with Crippen LogP contribution in [0.2, 0.25) is 0 Å². The zero-order chi connectivity index (χ0) is 10.4. The normalized spacial score (nSPS) is 10.9. The van der Waals surface area contributed by atoms with Crippen molar-refractivity contribution in [2.24, 2.45) is 0 Å². The summed E-state index contributed by atoms with van der Waals surface area (Å²) < 4.78 is 36.1. The quantitative estimate of drug-likeness (QED) is 0.452. The van der Waals surface area contributed by atoms with Gasteiger partial charge in [0.15, 0.2) is 0 Å². The number of hydrogen-bond acceptors (Lipinski definition) is 3. The molecular weight excluding hydrogens is 207 g/mol. The van der Waals surface area contributed by atoms with Crippen LogP contribution in [-0.2, 0) is 14.7 Å². The molecule has 0 heterocycles. The van der Waals surface area contributed by atoms with Gasteiger partial charge in [0, 0.05) is 5.82 Å². The zero-order valence-corrected chi connectivity index (χ0v) is 7.70. The van der Waals surface area contributed by atoms with Gasteiger partial charge in [-0.2, -0.15) is 8.42 Å². The van der Waals surface area contributed by atoms with Crippen molar-refractivity contribution in [3.8, 4) is 0 Å². The molecule has 3 N–H and O–H groups in total. The van der Waals surface area contributed by atoms with Crippen LogP contribution in [0.15, 0.2) is 24.4 Å². The van der Waals surface area contributed by atoms with Crippen LogP contribution in [0.25, 0.3) is 0 Å². The van der Waals surface area contributed by atoms with E-state index in [2.05, 4.69) is 13.2 Å². The van der Waals surface area contributed by atoms with Crippen LogP contribution < -0.4 is 0 Å². The molecule has 0 aliphatic heterocycles. The molecule has 0 aromatic carbocycles. The predicted molar refractivity (Wildman–Crippen MR) is 44.0 cm³/mol. The second kappa shape index (κ2) is 5.23. The largest absolute Gasteiger partial charge is 0.348 e. The summed E-state index contributed by atoms with van der Waals surface area (Å²) in [4.78, 5) is 15.6. The molecule has 0 aromatic heterocycles. The minimum Gasteiger partial charge on any atom is -0.321 e. The van der Waals surface area contributed by atoms with E-state index in [0.29, 0.717) is 11.2 Å². The van der Waals surface area contributed by atoms with Crippen molar-refractivity contribution in [2.45, 2.75) is 0 Å². The standard InChI is InChI=1S/C2H5O3P.C2H4O3S/c2*1-2-6(3,4)5/h2H,1H2,(H2,3,4,5);2H,1H2,(H,3,4,5). The minimum atomic E-state index is -3.90. The van der Waals surface area contributed by atoms with Crippen LogP contribution in [0.4, 0.5) is 0 Å². The Morgan fingerprint density at radius 1 is 1.25 bits per heavy atom. The van der Waals surface area contributed by atoms with Gasteiger partial charge < -0.3 is 9.79 Å². The highest BCUT2D eigenvalue weighted by Crippen LogP contribution is 2.34. The monoisotopic (exact) mass is 216 g/mol. The van der Waals surface area contributed by atoms with Gasteiger partial charge in [0.1, 0.15) is 0 Å². The summed E-state index contributed by atoms with van der Waals surface area (Å²) in [6.07, 6.45) is 0. The zero-order valence-electron chi connectivity index (χ0n) is 5.99. The molecule has 0 aromatic rings. The Hall–Kier alpha value is -0.460. The van der Waals surface area contributed by atoms with Crippen LogP contribution in [0.1, 0.15) is 0 Å². The van der Waals surface area contributed by atoms with Crippen molar-refractivity contribution in [1.82, 2.24) is 0 Å². The van der Waals surface area contributed by atoms with E-state index in [9.17, 15) is 13.0 Å². The second-order valence-corrected chi connectivity index (χ2v) is 4.36. The lowest BCUT2D eigenvalue weighted by atomic mass is 11.3. The van der Waals surface area contributed by atoms with Gasteiger partial charge in [0.25, 0.3) is 10.1 Å².